The first-order valence-corrected chi connectivity index (χ1v) is 5.34. The first-order valence-electron chi connectivity index (χ1n) is 5.34. The van der Waals surface area contributed by atoms with Gasteiger partial charge in [0.1, 0.15) is 5.82 Å². The Labute approximate surface area is 89.7 Å². The van der Waals surface area contributed by atoms with E-state index in [1.165, 1.54) is 6.42 Å². The fourth-order valence-corrected chi connectivity index (χ4v) is 1.50. The predicted molar refractivity (Wildman–Crippen MR) is 61.1 cm³/mol. The lowest BCUT2D eigenvalue weighted by molar-refractivity contribution is 0.599. The number of hydrogen-bond acceptors (Lipinski definition) is 5. The van der Waals surface area contributed by atoms with Gasteiger partial charge in [-0.25, -0.2) is 4.98 Å². The Morgan fingerprint density at radius 1 is 1.47 bits per heavy atom. The zero-order chi connectivity index (χ0) is 10.7. The molecule has 0 spiro atoms. The van der Waals surface area contributed by atoms with Crippen molar-refractivity contribution in [3.8, 4) is 0 Å². The van der Waals surface area contributed by atoms with E-state index in [2.05, 4.69) is 20.2 Å². The summed E-state index contributed by atoms with van der Waals surface area (Å²) in [7, 11) is 0. The van der Waals surface area contributed by atoms with Crippen molar-refractivity contribution in [3.05, 3.63) is 11.8 Å². The third-order valence-corrected chi connectivity index (χ3v) is 2.43. The predicted octanol–water partition coefficient (Wildman–Crippen LogP) is 0.366. The Hall–Kier alpha value is -1.36. The molecule has 0 unspecified atom stereocenters. The minimum atomic E-state index is 0.613. The van der Waals surface area contributed by atoms with Crippen LogP contribution in [0.3, 0.4) is 0 Å². The maximum Gasteiger partial charge on any atom is 0.227 e. The minimum Gasteiger partial charge on any atom is -0.369 e. The molecule has 0 saturated carbocycles. The van der Waals surface area contributed by atoms with Crippen LogP contribution in [0.25, 0.3) is 0 Å². The van der Waals surface area contributed by atoms with E-state index >= 15 is 0 Å². The molecule has 1 aromatic rings. The lowest BCUT2D eigenvalue weighted by Gasteiger charge is -2.31. The van der Waals surface area contributed by atoms with Crippen molar-refractivity contribution < 1.29 is 0 Å². The van der Waals surface area contributed by atoms with Crippen LogP contribution in [-0.2, 0) is 0 Å². The molecule has 1 saturated heterocycles. The van der Waals surface area contributed by atoms with Crippen LogP contribution in [0.4, 0.5) is 11.8 Å². The largest absolute Gasteiger partial charge is 0.369 e. The molecule has 82 valence electrons. The van der Waals surface area contributed by atoms with Gasteiger partial charge in [0.05, 0.1) is 0 Å². The summed E-state index contributed by atoms with van der Waals surface area (Å²) >= 11 is 0. The van der Waals surface area contributed by atoms with Crippen LogP contribution in [0.15, 0.2) is 6.07 Å². The molecule has 5 nitrogen and oxygen atoms in total. The number of rotatable bonds is 4. The Bertz CT molecular complexity index is 335. The highest BCUT2D eigenvalue weighted by Gasteiger charge is 2.17. The number of anilines is 2. The van der Waals surface area contributed by atoms with Crippen molar-refractivity contribution in [1.82, 2.24) is 9.97 Å². The highest BCUT2D eigenvalue weighted by atomic mass is 15.3. The number of nitrogens with zero attached hydrogens (tertiary/aromatic N) is 3. The van der Waals surface area contributed by atoms with Gasteiger partial charge in [-0.3, -0.25) is 0 Å². The molecule has 0 aliphatic carbocycles. The second-order valence-corrected chi connectivity index (χ2v) is 3.75. The number of nitrogens with one attached hydrogen (secondary N) is 1. The van der Waals surface area contributed by atoms with E-state index in [0.29, 0.717) is 6.54 Å². The van der Waals surface area contributed by atoms with E-state index in [9.17, 15) is 0 Å². The van der Waals surface area contributed by atoms with E-state index in [1.807, 2.05) is 13.0 Å². The number of aromatic nitrogens is 2. The van der Waals surface area contributed by atoms with Gasteiger partial charge in [0, 0.05) is 37.9 Å². The molecular weight excluding hydrogens is 190 g/mol. The first-order chi connectivity index (χ1) is 7.29. The second-order valence-electron chi connectivity index (χ2n) is 3.75. The van der Waals surface area contributed by atoms with Gasteiger partial charge in [0.25, 0.3) is 0 Å². The van der Waals surface area contributed by atoms with Crippen molar-refractivity contribution in [3.63, 3.8) is 0 Å². The number of aryl methyl sites for hydroxylation is 1. The van der Waals surface area contributed by atoms with Crippen LogP contribution in [0.1, 0.15) is 12.1 Å². The van der Waals surface area contributed by atoms with Gasteiger partial charge in [-0.15, -0.1) is 0 Å². The van der Waals surface area contributed by atoms with Crippen molar-refractivity contribution in [2.45, 2.75) is 13.3 Å². The highest BCUT2D eigenvalue weighted by Crippen LogP contribution is 2.18. The average Bonchev–Trinajstić information content (AvgIpc) is 2.11. The molecule has 1 fully saturated rings. The third-order valence-electron chi connectivity index (χ3n) is 2.43. The van der Waals surface area contributed by atoms with E-state index in [-0.39, 0.29) is 0 Å². The quantitative estimate of drug-likeness (QED) is 0.746. The van der Waals surface area contributed by atoms with Gasteiger partial charge in [0.2, 0.25) is 5.95 Å². The summed E-state index contributed by atoms with van der Waals surface area (Å²) in [6.45, 7) is 5.48. The maximum atomic E-state index is 5.43. The molecule has 0 bridgehead atoms. The van der Waals surface area contributed by atoms with Crippen LogP contribution in [0.2, 0.25) is 0 Å². The monoisotopic (exact) mass is 207 g/mol. The van der Waals surface area contributed by atoms with E-state index in [4.69, 9.17) is 5.73 Å². The van der Waals surface area contributed by atoms with Gasteiger partial charge < -0.3 is 16.0 Å². The molecule has 2 rings (SSSR count). The van der Waals surface area contributed by atoms with Gasteiger partial charge >= 0.3 is 0 Å². The fraction of sp³-hybridized carbons (Fsp3) is 0.600. The zero-order valence-electron chi connectivity index (χ0n) is 9.03. The molecule has 0 aromatic carbocycles. The minimum absolute atomic E-state index is 0.613. The number of nitrogens with two attached hydrogens (primary N) is 1. The third kappa shape index (κ3) is 2.36. The highest BCUT2D eigenvalue weighted by molar-refractivity contribution is 5.44. The fourth-order valence-electron chi connectivity index (χ4n) is 1.50. The van der Waals surface area contributed by atoms with E-state index in [0.717, 1.165) is 37.1 Å². The van der Waals surface area contributed by atoms with Crippen LogP contribution < -0.4 is 16.0 Å². The van der Waals surface area contributed by atoms with Gasteiger partial charge in [-0.2, -0.15) is 4.98 Å². The summed E-state index contributed by atoms with van der Waals surface area (Å²) in [6, 6.07) is 1.94. The summed E-state index contributed by atoms with van der Waals surface area (Å²) < 4.78 is 0. The summed E-state index contributed by atoms with van der Waals surface area (Å²) in [6.07, 6.45) is 1.24. The molecule has 1 aliphatic heterocycles. The Morgan fingerprint density at radius 3 is 2.87 bits per heavy atom. The summed E-state index contributed by atoms with van der Waals surface area (Å²) in [5, 5.41) is 3.18. The Balaban J connectivity index is 2.12. The molecule has 2 heterocycles. The van der Waals surface area contributed by atoms with Crippen molar-refractivity contribution in [2.75, 3.05) is 36.4 Å². The van der Waals surface area contributed by atoms with Crippen LogP contribution in [0.5, 0.6) is 0 Å². The average molecular weight is 207 g/mol. The van der Waals surface area contributed by atoms with E-state index in [1.54, 1.807) is 0 Å². The number of hydrogen-bond donors (Lipinski definition) is 2. The second kappa shape index (κ2) is 4.44. The molecule has 1 aliphatic rings. The van der Waals surface area contributed by atoms with Crippen LogP contribution >= 0.6 is 0 Å². The Kier molecular flexibility index (Phi) is 3.01. The summed E-state index contributed by atoms with van der Waals surface area (Å²) in [5.41, 5.74) is 6.43. The lowest BCUT2D eigenvalue weighted by atomic mass is 10.2. The molecule has 15 heavy (non-hydrogen) atoms. The topological polar surface area (TPSA) is 67.1 Å². The van der Waals surface area contributed by atoms with Crippen molar-refractivity contribution >= 4 is 11.8 Å². The maximum absolute atomic E-state index is 5.43. The van der Waals surface area contributed by atoms with Gasteiger partial charge in [-0.1, -0.05) is 0 Å². The van der Waals surface area contributed by atoms with E-state index < -0.39 is 0 Å². The SMILES string of the molecule is Cc1cc(NCCN)nc(N2CCC2)n1. The zero-order valence-corrected chi connectivity index (χ0v) is 9.03. The normalized spacial score (nSPS) is 14.9. The smallest absolute Gasteiger partial charge is 0.227 e. The van der Waals surface area contributed by atoms with Gasteiger partial charge in [-0.05, 0) is 13.3 Å². The lowest BCUT2D eigenvalue weighted by Crippen LogP contribution is -2.38. The van der Waals surface area contributed by atoms with Gasteiger partial charge in [0.15, 0.2) is 0 Å². The van der Waals surface area contributed by atoms with Crippen LogP contribution in [-0.4, -0.2) is 36.1 Å². The van der Waals surface area contributed by atoms with Crippen LogP contribution in [0, 0.1) is 6.92 Å². The van der Waals surface area contributed by atoms with Crippen molar-refractivity contribution in [2.24, 2.45) is 5.73 Å². The molecule has 0 radical (unpaired) electrons. The summed E-state index contributed by atoms with van der Waals surface area (Å²) in [4.78, 5) is 11.0. The molecule has 5 heteroatoms. The molecule has 0 atom stereocenters. The molecule has 1 aromatic heterocycles. The molecule has 3 N–H and O–H groups in total. The first kappa shape index (κ1) is 10.2. The summed E-state index contributed by atoms with van der Waals surface area (Å²) in [5.74, 6) is 1.70. The Morgan fingerprint density at radius 2 is 2.27 bits per heavy atom. The molecular formula is C10H17N5. The standard InChI is InChI=1S/C10H17N5/c1-8-7-9(12-4-3-11)14-10(13-8)15-5-2-6-15/h7H,2-6,11H2,1H3,(H,12,13,14). The van der Waals surface area contributed by atoms with Crippen molar-refractivity contribution in [1.29, 1.82) is 0 Å². The molecule has 0 amide bonds.